The Hall–Kier alpha value is -1.28. The highest BCUT2D eigenvalue weighted by atomic mass is 79.9. The van der Waals surface area contributed by atoms with Gasteiger partial charge in [-0.25, -0.2) is 13.6 Å². The highest BCUT2D eigenvalue weighted by molar-refractivity contribution is 9.10. The Morgan fingerprint density at radius 1 is 1.25 bits per heavy atom. The maximum atomic E-state index is 11.9. The maximum absolute atomic E-state index is 11.9. The van der Waals surface area contributed by atoms with E-state index in [0.717, 1.165) is 9.35 Å². The topological polar surface area (TPSA) is 77.2 Å². The van der Waals surface area contributed by atoms with Crippen LogP contribution in [-0.4, -0.2) is 14.2 Å². The van der Waals surface area contributed by atoms with Gasteiger partial charge in [0.1, 0.15) is 0 Å². The summed E-state index contributed by atoms with van der Waals surface area (Å²) in [7, 11) is -3.73. The number of sulfonamides is 1. The van der Waals surface area contributed by atoms with Gasteiger partial charge in [0.15, 0.2) is 5.78 Å². The zero-order chi connectivity index (χ0) is 14.8. The van der Waals surface area contributed by atoms with E-state index in [1.54, 1.807) is 6.08 Å². The number of ketones is 1. The summed E-state index contributed by atoms with van der Waals surface area (Å²) in [6.45, 7) is 0. The molecule has 1 aromatic carbocycles. The summed E-state index contributed by atoms with van der Waals surface area (Å²) in [6, 6.07) is 7.42. The first-order valence-corrected chi connectivity index (χ1v) is 8.67. The van der Waals surface area contributed by atoms with Crippen LogP contribution < -0.4 is 5.14 Å². The number of halogens is 1. The first kappa shape index (κ1) is 15.1. The van der Waals surface area contributed by atoms with E-state index < -0.39 is 10.0 Å². The van der Waals surface area contributed by atoms with E-state index in [4.69, 9.17) is 5.14 Å². The minimum atomic E-state index is -3.73. The van der Waals surface area contributed by atoms with E-state index in [9.17, 15) is 13.2 Å². The third-order valence-corrected chi connectivity index (χ3v) is 5.04. The van der Waals surface area contributed by atoms with Crippen LogP contribution in [-0.2, 0) is 10.0 Å². The van der Waals surface area contributed by atoms with Crippen molar-refractivity contribution in [2.75, 3.05) is 0 Å². The molecule has 2 N–H and O–H groups in total. The number of primary sulfonamides is 1. The monoisotopic (exact) mass is 371 g/mol. The predicted molar refractivity (Wildman–Crippen MR) is 83.2 cm³/mol. The maximum Gasteiger partial charge on any atom is 0.238 e. The normalized spacial score (nSPS) is 11.9. The molecule has 0 amide bonds. The van der Waals surface area contributed by atoms with Gasteiger partial charge in [-0.1, -0.05) is 0 Å². The molecule has 0 aliphatic heterocycles. The van der Waals surface area contributed by atoms with Gasteiger partial charge < -0.3 is 0 Å². The molecule has 20 heavy (non-hydrogen) atoms. The molecule has 0 radical (unpaired) electrons. The minimum absolute atomic E-state index is 0.0137. The van der Waals surface area contributed by atoms with E-state index in [0.29, 0.717) is 5.56 Å². The summed E-state index contributed by atoms with van der Waals surface area (Å²) in [5.74, 6) is -0.199. The molecule has 0 unspecified atom stereocenters. The second-order valence-corrected chi connectivity index (χ2v) is 7.35. The number of carbonyl (C=O) groups is 1. The van der Waals surface area contributed by atoms with Crippen molar-refractivity contribution in [2.45, 2.75) is 4.90 Å². The van der Waals surface area contributed by atoms with Crippen LogP contribution in [0.15, 0.2) is 51.2 Å². The largest absolute Gasteiger partial charge is 0.289 e. The van der Waals surface area contributed by atoms with Gasteiger partial charge in [-0.15, -0.1) is 11.3 Å². The summed E-state index contributed by atoms with van der Waals surface area (Å²) >= 11 is 4.84. The van der Waals surface area contributed by atoms with Gasteiger partial charge in [-0.2, -0.15) is 0 Å². The van der Waals surface area contributed by atoms with Crippen molar-refractivity contribution in [1.82, 2.24) is 0 Å². The number of carbonyl (C=O) groups excluding carboxylic acids is 1. The number of allylic oxidation sites excluding steroid dienone is 1. The van der Waals surface area contributed by atoms with Crippen molar-refractivity contribution >= 4 is 49.1 Å². The molecule has 104 valence electrons. The zero-order valence-electron chi connectivity index (χ0n) is 10.1. The molecular formula is C13H10BrNO3S2. The van der Waals surface area contributed by atoms with Crippen LogP contribution >= 0.6 is 27.3 Å². The third-order valence-electron chi connectivity index (χ3n) is 2.45. The summed E-state index contributed by atoms with van der Waals surface area (Å²) in [6.07, 6.45) is 3.16. The average Bonchev–Trinajstić information content (AvgIpc) is 2.81. The van der Waals surface area contributed by atoms with Crippen LogP contribution in [0.1, 0.15) is 15.2 Å². The lowest BCUT2D eigenvalue weighted by Crippen LogP contribution is -2.12. The second kappa shape index (κ2) is 6.01. The summed E-state index contributed by atoms with van der Waals surface area (Å²) in [4.78, 5) is 12.8. The molecule has 4 nitrogen and oxygen atoms in total. The van der Waals surface area contributed by atoms with Crippen LogP contribution in [0.25, 0.3) is 6.08 Å². The van der Waals surface area contributed by atoms with Gasteiger partial charge in [-0.3, -0.25) is 4.79 Å². The Bertz CT molecular complexity index is 761. The number of hydrogen-bond acceptors (Lipinski definition) is 4. The molecule has 0 saturated carbocycles. The molecule has 0 fully saturated rings. The van der Waals surface area contributed by atoms with Gasteiger partial charge >= 0.3 is 0 Å². The molecular weight excluding hydrogens is 362 g/mol. The lowest BCUT2D eigenvalue weighted by molar-refractivity contribution is 0.104. The van der Waals surface area contributed by atoms with Crippen molar-refractivity contribution in [3.05, 3.63) is 56.7 Å². The molecule has 7 heteroatoms. The Labute approximate surface area is 129 Å². The highest BCUT2D eigenvalue weighted by Crippen LogP contribution is 2.21. The van der Waals surface area contributed by atoms with Crippen LogP contribution in [0, 0.1) is 0 Å². The van der Waals surface area contributed by atoms with E-state index in [1.165, 1.54) is 41.7 Å². The minimum Gasteiger partial charge on any atom is -0.289 e. The Morgan fingerprint density at radius 3 is 2.40 bits per heavy atom. The molecule has 0 spiro atoms. The fourth-order valence-electron chi connectivity index (χ4n) is 1.48. The molecule has 2 aromatic rings. The fraction of sp³-hybridized carbons (Fsp3) is 0. The van der Waals surface area contributed by atoms with Crippen molar-refractivity contribution in [3.63, 3.8) is 0 Å². The Balaban J connectivity index is 2.16. The smallest absolute Gasteiger partial charge is 0.238 e. The van der Waals surface area contributed by atoms with Gasteiger partial charge in [-0.05, 0) is 58.4 Å². The lowest BCUT2D eigenvalue weighted by atomic mass is 10.1. The average molecular weight is 372 g/mol. The van der Waals surface area contributed by atoms with Crippen LogP contribution in [0.2, 0.25) is 0 Å². The van der Waals surface area contributed by atoms with E-state index >= 15 is 0 Å². The van der Waals surface area contributed by atoms with Crippen molar-refractivity contribution in [3.8, 4) is 0 Å². The first-order valence-electron chi connectivity index (χ1n) is 5.45. The number of rotatable bonds is 4. The zero-order valence-corrected chi connectivity index (χ0v) is 13.3. The summed E-state index contributed by atoms with van der Waals surface area (Å²) in [5, 5.41) is 6.91. The first-order chi connectivity index (χ1) is 9.36. The predicted octanol–water partition coefficient (Wildman–Crippen LogP) is 3.05. The van der Waals surface area contributed by atoms with E-state index in [-0.39, 0.29) is 10.7 Å². The van der Waals surface area contributed by atoms with E-state index in [2.05, 4.69) is 15.9 Å². The molecule has 1 aromatic heterocycles. The quantitative estimate of drug-likeness (QED) is 0.662. The van der Waals surface area contributed by atoms with Crippen molar-refractivity contribution < 1.29 is 13.2 Å². The van der Waals surface area contributed by atoms with Crippen LogP contribution in [0.4, 0.5) is 0 Å². The molecule has 0 atom stereocenters. The van der Waals surface area contributed by atoms with Crippen molar-refractivity contribution in [1.29, 1.82) is 0 Å². The van der Waals surface area contributed by atoms with Gasteiger partial charge in [0.2, 0.25) is 10.0 Å². The summed E-state index contributed by atoms with van der Waals surface area (Å²) < 4.78 is 23.2. The van der Waals surface area contributed by atoms with Gasteiger partial charge in [0.05, 0.1) is 4.90 Å². The summed E-state index contributed by atoms with van der Waals surface area (Å²) in [5.41, 5.74) is 0.407. The molecule has 0 saturated heterocycles. The van der Waals surface area contributed by atoms with Gasteiger partial charge in [0.25, 0.3) is 0 Å². The fourth-order valence-corrected chi connectivity index (χ4v) is 3.33. The van der Waals surface area contributed by atoms with Gasteiger partial charge in [0, 0.05) is 20.3 Å². The number of thiophene rings is 1. The molecule has 0 aliphatic rings. The SMILES string of the molecule is NS(=O)(=O)c1ccc(C(=O)/C=C/c2cc(Br)cs2)cc1. The molecule has 0 bridgehead atoms. The molecule has 0 aliphatic carbocycles. The second-order valence-electron chi connectivity index (χ2n) is 3.93. The van der Waals surface area contributed by atoms with E-state index in [1.807, 2.05) is 11.4 Å². The number of benzene rings is 1. The number of nitrogens with two attached hydrogens (primary N) is 1. The Morgan fingerprint density at radius 2 is 1.90 bits per heavy atom. The standard InChI is InChI=1S/C13H10BrNO3S2/c14-10-7-11(19-8-10)3-6-13(16)9-1-4-12(5-2-9)20(15,17)18/h1-8H,(H2,15,17,18)/b6-3+. The lowest BCUT2D eigenvalue weighted by Gasteiger charge is -1.99. The molecule has 2 rings (SSSR count). The van der Waals surface area contributed by atoms with Crippen LogP contribution in [0.3, 0.4) is 0 Å². The molecule has 1 heterocycles. The Kier molecular flexibility index (Phi) is 4.54. The highest BCUT2D eigenvalue weighted by Gasteiger charge is 2.08. The number of hydrogen-bond donors (Lipinski definition) is 1. The third kappa shape index (κ3) is 3.86. The van der Waals surface area contributed by atoms with Crippen molar-refractivity contribution in [2.24, 2.45) is 5.14 Å². The van der Waals surface area contributed by atoms with Crippen LogP contribution in [0.5, 0.6) is 0 Å².